The SMILES string of the molecule is CCN(CC)C(=O)c1ccc(S(=O)(=O)NC2CCN(c3ccc(OC)cc3)CC2)cc1. The molecule has 8 heteroatoms. The predicted octanol–water partition coefficient (Wildman–Crippen LogP) is 3.12. The summed E-state index contributed by atoms with van der Waals surface area (Å²) >= 11 is 0. The van der Waals surface area contributed by atoms with E-state index in [2.05, 4.69) is 9.62 Å². The molecule has 1 aliphatic heterocycles. The van der Waals surface area contributed by atoms with Gasteiger partial charge in [-0.3, -0.25) is 4.79 Å². The van der Waals surface area contributed by atoms with Crippen molar-refractivity contribution in [1.82, 2.24) is 9.62 Å². The molecule has 0 spiro atoms. The lowest BCUT2D eigenvalue weighted by atomic mass is 10.1. The normalized spacial score (nSPS) is 15.0. The van der Waals surface area contributed by atoms with Gasteiger partial charge in [-0.1, -0.05) is 0 Å². The lowest BCUT2D eigenvalue weighted by Crippen LogP contribution is -2.44. The number of carbonyl (C=O) groups excluding carboxylic acids is 1. The highest BCUT2D eigenvalue weighted by Gasteiger charge is 2.25. The van der Waals surface area contributed by atoms with E-state index in [9.17, 15) is 13.2 Å². The maximum absolute atomic E-state index is 12.8. The van der Waals surface area contributed by atoms with Gasteiger partial charge in [0.2, 0.25) is 10.0 Å². The first-order chi connectivity index (χ1) is 14.9. The third-order valence-electron chi connectivity index (χ3n) is 5.72. The minimum Gasteiger partial charge on any atom is -0.497 e. The molecule has 0 radical (unpaired) electrons. The van der Waals surface area contributed by atoms with Crippen LogP contribution >= 0.6 is 0 Å². The van der Waals surface area contributed by atoms with Crippen molar-refractivity contribution < 1.29 is 17.9 Å². The third-order valence-corrected chi connectivity index (χ3v) is 7.25. The quantitative estimate of drug-likeness (QED) is 0.675. The van der Waals surface area contributed by atoms with E-state index in [1.807, 2.05) is 38.1 Å². The number of piperidine rings is 1. The second-order valence-electron chi connectivity index (χ2n) is 7.58. The highest BCUT2D eigenvalue weighted by atomic mass is 32.2. The van der Waals surface area contributed by atoms with Gasteiger partial charge < -0.3 is 14.5 Å². The van der Waals surface area contributed by atoms with Gasteiger partial charge in [-0.2, -0.15) is 0 Å². The zero-order valence-corrected chi connectivity index (χ0v) is 19.2. The number of anilines is 1. The van der Waals surface area contributed by atoms with Gasteiger partial charge in [0.1, 0.15) is 5.75 Å². The molecule has 0 unspecified atom stereocenters. The number of hydrogen-bond acceptors (Lipinski definition) is 5. The fourth-order valence-electron chi connectivity index (χ4n) is 3.81. The molecule has 168 valence electrons. The molecule has 2 aromatic carbocycles. The summed E-state index contributed by atoms with van der Waals surface area (Å²) in [6, 6.07) is 14.0. The summed E-state index contributed by atoms with van der Waals surface area (Å²) < 4.78 is 33.7. The smallest absolute Gasteiger partial charge is 0.253 e. The molecule has 2 aromatic rings. The van der Waals surface area contributed by atoms with Gasteiger partial charge in [0.05, 0.1) is 12.0 Å². The largest absolute Gasteiger partial charge is 0.497 e. The monoisotopic (exact) mass is 445 g/mol. The van der Waals surface area contributed by atoms with E-state index in [0.29, 0.717) is 18.7 Å². The number of rotatable bonds is 8. The van der Waals surface area contributed by atoms with E-state index in [-0.39, 0.29) is 16.8 Å². The third kappa shape index (κ3) is 5.57. The zero-order valence-electron chi connectivity index (χ0n) is 18.4. The van der Waals surface area contributed by atoms with Gasteiger partial charge >= 0.3 is 0 Å². The second-order valence-corrected chi connectivity index (χ2v) is 9.30. The Bertz CT molecular complexity index is 963. The Labute approximate surface area is 185 Å². The summed E-state index contributed by atoms with van der Waals surface area (Å²) in [7, 11) is -1.99. The van der Waals surface area contributed by atoms with Crippen molar-refractivity contribution in [3.05, 3.63) is 54.1 Å². The average molecular weight is 446 g/mol. The Kier molecular flexibility index (Phi) is 7.56. The second kappa shape index (κ2) is 10.2. The Morgan fingerprint density at radius 3 is 2.13 bits per heavy atom. The van der Waals surface area contributed by atoms with Crippen molar-refractivity contribution in [3.63, 3.8) is 0 Å². The summed E-state index contributed by atoms with van der Waals surface area (Å²) in [6.45, 7) is 6.63. The summed E-state index contributed by atoms with van der Waals surface area (Å²) in [5.41, 5.74) is 1.60. The standard InChI is InChI=1S/C23H31N3O4S/c1-4-25(5-2)23(27)18-6-12-22(13-7-18)31(28,29)24-19-14-16-26(17-15-19)20-8-10-21(30-3)11-9-20/h6-13,19,24H,4-5,14-17H2,1-3H3. The van der Waals surface area contributed by atoms with E-state index in [1.165, 1.54) is 12.1 Å². The molecule has 0 aliphatic carbocycles. The number of sulfonamides is 1. The van der Waals surface area contributed by atoms with E-state index < -0.39 is 10.0 Å². The van der Waals surface area contributed by atoms with Crippen LogP contribution in [0.4, 0.5) is 5.69 Å². The lowest BCUT2D eigenvalue weighted by molar-refractivity contribution is 0.0773. The highest BCUT2D eigenvalue weighted by Crippen LogP contribution is 2.23. The molecule has 7 nitrogen and oxygen atoms in total. The number of hydrogen-bond donors (Lipinski definition) is 1. The molecule has 0 aromatic heterocycles. The fourth-order valence-corrected chi connectivity index (χ4v) is 5.11. The van der Waals surface area contributed by atoms with Crippen LogP contribution < -0.4 is 14.4 Å². The Morgan fingerprint density at radius 2 is 1.61 bits per heavy atom. The van der Waals surface area contributed by atoms with Crippen LogP contribution in [0, 0.1) is 0 Å². The number of methoxy groups -OCH3 is 1. The molecule has 1 saturated heterocycles. The van der Waals surface area contributed by atoms with Gasteiger partial charge in [0, 0.05) is 43.5 Å². The van der Waals surface area contributed by atoms with Crippen molar-refractivity contribution in [2.24, 2.45) is 0 Å². The van der Waals surface area contributed by atoms with Crippen molar-refractivity contribution in [2.75, 3.05) is 38.2 Å². The van der Waals surface area contributed by atoms with Crippen LogP contribution in [0.3, 0.4) is 0 Å². The first kappa shape index (κ1) is 23.1. The molecule has 3 rings (SSSR count). The van der Waals surface area contributed by atoms with Crippen molar-refractivity contribution in [1.29, 1.82) is 0 Å². The van der Waals surface area contributed by atoms with E-state index >= 15 is 0 Å². The van der Waals surface area contributed by atoms with Crippen molar-refractivity contribution >= 4 is 21.6 Å². The molecular weight excluding hydrogens is 414 g/mol. The maximum Gasteiger partial charge on any atom is 0.253 e. The fraction of sp³-hybridized carbons (Fsp3) is 0.435. The predicted molar refractivity (Wildman–Crippen MR) is 122 cm³/mol. The van der Waals surface area contributed by atoms with Gasteiger partial charge in [0.25, 0.3) is 5.91 Å². The number of carbonyl (C=O) groups is 1. The van der Waals surface area contributed by atoms with Crippen molar-refractivity contribution in [2.45, 2.75) is 37.6 Å². The summed E-state index contributed by atoms with van der Waals surface area (Å²) in [6.07, 6.45) is 1.45. The number of nitrogens with one attached hydrogen (secondary N) is 1. The number of benzene rings is 2. The lowest BCUT2D eigenvalue weighted by Gasteiger charge is -2.33. The Morgan fingerprint density at radius 1 is 1.03 bits per heavy atom. The molecule has 0 atom stereocenters. The van der Waals surface area contributed by atoms with Crippen molar-refractivity contribution in [3.8, 4) is 5.75 Å². The van der Waals surface area contributed by atoms with Crippen LogP contribution in [0.15, 0.2) is 53.4 Å². The topological polar surface area (TPSA) is 79.0 Å². The first-order valence-electron chi connectivity index (χ1n) is 10.7. The number of amides is 1. The van der Waals surface area contributed by atoms with Crippen LogP contribution in [0.5, 0.6) is 5.75 Å². The Balaban J connectivity index is 1.59. The summed E-state index contributed by atoms with van der Waals surface area (Å²) in [5, 5.41) is 0. The van der Waals surface area contributed by atoms with Gasteiger partial charge in [-0.05, 0) is 75.2 Å². The van der Waals surface area contributed by atoms with Crippen LogP contribution in [-0.4, -0.2) is 58.6 Å². The van der Waals surface area contributed by atoms with E-state index in [0.717, 1.165) is 37.4 Å². The number of nitrogens with zero attached hydrogens (tertiary/aromatic N) is 2. The van der Waals surface area contributed by atoms with Crippen LogP contribution in [0.2, 0.25) is 0 Å². The zero-order chi connectivity index (χ0) is 22.4. The molecule has 31 heavy (non-hydrogen) atoms. The molecule has 1 aliphatic rings. The molecule has 1 fully saturated rings. The average Bonchev–Trinajstić information content (AvgIpc) is 2.80. The van der Waals surface area contributed by atoms with E-state index in [4.69, 9.17) is 4.74 Å². The van der Waals surface area contributed by atoms with E-state index in [1.54, 1.807) is 24.1 Å². The minimum atomic E-state index is -3.63. The van der Waals surface area contributed by atoms with Crippen LogP contribution in [0.25, 0.3) is 0 Å². The molecule has 0 bridgehead atoms. The first-order valence-corrected chi connectivity index (χ1v) is 12.2. The maximum atomic E-state index is 12.8. The molecular formula is C23H31N3O4S. The molecule has 0 saturated carbocycles. The highest BCUT2D eigenvalue weighted by molar-refractivity contribution is 7.89. The summed E-state index contributed by atoms with van der Waals surface area (Å²) in [5.74, 6) is 0.726. The Hall–Kier alpha value is -2.58. The van der Waals surface area contributed by atoms with Gasteiger partial charge in [-0.15, -0.1) is 0 Å². The molecule has 1 N–H and O–H groups in total. The van der Waals surface area contributed by atoms with Gasteiger partial charge in [0.15, 0.2) is 0 Å². The van der Waals surface area contributed by atoms with Crippen LogP contribution in [-0.2, 0) is 10.0 Å². The number of ether oxygens (including phenoxy) is 1. The van der Waals surface area contributed by atoms with Gasteiger partial charge in [-0.25, -0.2) is 13.1 Å². The molecule has 1 heterocycles. The summed E-state index contributed by atoms with van der Waals surface area (Å²) in [4.78, 5) is 16.6. The minimum absolute atomic E-state index is 0.0900. The van der Waals surface area contributed by atoms with Crippen LogP contribution in [0.1, 0.15) is 37.0 Å². The molecule has 1 amide bonds.